The highest BCUT2D eigenvalue weighted by Crippen LogP contribution is 2.50. The quantitative estimate of drug-likeness (QED) is 0.680. The van der Waals surface area contributed by atoms with Gasteiger partial charge in [-0.15, -0.1) is 0 Å². The van der Waals surface area contributed by atoms with Crippen LogP contribution in [0, 0.1) is 17.8 Å². The maximum Gasteiger partial charge on any atom is 0.226 e. The molecule has 100 valence electrons. The van der Waals surface area contributed by atoms with Crippen LogP contribution in [0.15, 0.2) is 0 Å². The number of nitrogens with zero attached hydrogens (tertiary/aromatic N) is 1. The second-order valence-corrected chi connectivity index (χ2v) is 8.28. The molecule has 1 amide bonds. The third-order valence-corrected chi connectivity index (χ3v) is 6.73. The van der Waals surface area contributed by atoms with Crippen LogP contribution in [0.25, 0.3) is 0 Å². The van der Waals surface area contributed by atoms with Gasteiger partial charge in [-0.05, 0) is 56.8 Å². The average molecular weight is 312 g/mol. The molecule has 0 N–H and O–H groups in total. The van der Waals surface area contributed by atoms with Crippen LogP contribution in [0.5, 0.6) is 0 Å². The molecular weight excluding hydrogens is 290 g/mol. The van der Waals surface area contributed by atoms with E-state index in [2.05, 4.69) is 20.8 Å². The van der Waals surface area contributed by atoms with Gasteiger partial charge in [0.15, 0.2) is 0 Å². The van der Waals surface area contributed by atoms with E-state index in [4.69, 9.17) is 0 Å². The van der Waals surface area contributed by atoms with Gasteiger partial charge in [-0.1, -0.05) is 22.4 Å². The Hall–Kier alpha value is -0.0500. The number of alkyl halides is 1. The van der Waals surface area contributed by atoms with Gasteiger partial charge < -0.3 is 4.90 Å². The van der Waals surface area contributed by atoms with Gasteiger partial charge in [0.25, 0.3) is 0 Å². The molecule has 2 saturated carbocycles. The summed E-state index contributed by atoms with van der Waals surface area (Å²) in [6.07, 6.45) is 10.1. The number of rotatable bonds is 1. The number of halogens is 1. The van der Waals surface area contributed by atoms with Gasteiger partial charge in [0.2, 0.25) is 5.91 Å². The average Bonchev–Trinajstić information content (AvgIpc) is 3.02. The molecule has 2 aliphatic heterocycles. The fourth-order valence-corrected chi connectivity index (χ4v) is 6.07. The van der Waals surface area contributed by atoms with E-state index in [9.17, 15) is 4.79 Å². The first kappa shape index (κ1) is 11.7. The number of amides is 1. The van der Waals surface area contributed by atoms with Crippen molar-refractivity contribution in [1.82, 2.24) is 4.90 Å². The van der Waals surface area contributed by atoms with Crippen LogP contribution >= 0.6 is 15.9 Å². The summed E-state index contributed by atoms with van der Waals surface area (Å²) in [7, 11) is 0. The van der Waals surface area contributed by atoms with Gasteiger partial charge >= 0.3 is 0 Å². The molecule has 3 heteroatoms. The molecule has 18 heavy (non-hydrogen) atoms. The van der Waals surface area contributed by atoms with E-state index in [1.54, 1.807) is 0 Å². The molecule has 2 heterocycles. The summed E-state index contributed by atoms with van der Waals surface area (Å²) in [5.74, 6) is 2.56. The van der Waals surface area contributed by atoms with Gasteiger partial charge in [-0.25, -0.2) is 0 Å². The van der Waals surface area contributed by atoms with Crippen molar-refractivity contribution < 1.29 is 4.79 Å². The lowest BCUT2D eigenvalue weighted by atomic mass is 9.86. The Morgan fingerprint density at radius 1 is 0.944 bits per heavy atom. The van der Waals surface area contributed by atoms with Gasteiger partial charge in [-0.2, -0.15) is 0 Å². The molecular formula is C15H22BrNO. The maximum atomic E-state index is 12.9. The first-order chi connectivity index (χ1) is 8.72. The Balaban J connectivity index is 1.52. The molecule has 2 nitrogen and oxygen atoms in total. The Kier molecular flexibility index (Phi) is 2.76. The Morgan fingerprint density at radius 2 is 1.67 bits per heavy atom. The highest BCUT2D eigenvalue weighted by molar-refractivity contribution is 9.09. The summed E-state index contributed by atoms with van der Waals surface area (Å²) in [5, 5.41) is 0. The van der Waals surface area contributed by atoms with E-state index in [1.807, 2.05) is 0 Å². The van der Waals surface area contributed by atoms with Crippen LogP contribution in [-0.4, -0.2) is 27.7 Å². The number of piperidine rings is 1. The van der Waals surface area contributed by atoms with Crippen molar-refractivity contribution in [1.29, 1.82) is 0 Å². The van der Waals surface area contributed by atoms with Crippen molar-refractivity contribution in [3.8, 4) is 0 Å². The highest BCUT2D eigenvalue weighted by atomic mass is 79.9. The summed E-state index contributed by atoms with van der Waals surface area (Å²) in [4.78, 5) is 15.8. The van der Waals surface area contributed by atoms with Crippen LogP contribution in [0.3, 0.4) is 0 Å². The molecule has 0 radical (unpaired) electrons. The zero-order valence-corrected chi connectivity index (χ0v) is 12.4. The molecule has 2 saturated heterocycles. The summed E-state index contributed by atoms with van der Waals surface area (Å²) in [5.41, 5.74) is 0. The molecule has 4 bridgehead atoms. The summed E-state index contributed by atoms with van der Waals surface area (Å²) in [6.45, 7) is 0. The standard InChI is InChI=1S/C15H22BrNO/c16-11-7-12-3-4-13(8-11)17(12)15(18)14-6-9-1-2-10(14)5-9/h9-14H,1-8H2. The molecule has 2 aliphatic carbocycles. The lowest BCUT2D eigenvalue weighted by Crippen LogP contribution is -2.50. The second kappa shape index (κ2) is 4.22. The van der Waals surface area contributed by atoms with Crippen molar-refractivity contribution in [3.63, 3.8) is 0 Å². The monoisotopic (exact) mass is 311 g/mol. The van der Waals surface area contributed by atoms with Crippen LogP contribution in [0.2, 0.25) is 0 Å². The maximum absolute atomic E-state index is 12.9. The van der Waals surface area contributed by atoms with Crippen molar-refractivity contribution >= 4 is 21.8 Å². The van der Waals surface area contributed by atoms with E-state index < -0.39 is 0 Å². The molecule has 4 fully saturated rings. The normalized spacial score (nSPS) is 49.9. The smallest absolute Gasteiger partial charge is 0.226 e. The Morgan fingerprint density at radius 3 is 2.22 bits per heavy atom. The summed E-state index contributed by atoms with van der Waals surface area (Å²) >= 11 is 3.76. The van der Waals surface area contributed by atoms with Crippen molar-refractivity contribution in [3.05, 3.63) is 0 Å². The number of carbonyl (C=O) groups excluding carboxylic acids is 1. The van der Waals surface area contributed by atoms with E-state index >= 15 is 0 Å². The minimum atomic E-state index is 0.402. The first-order valence-electron chi connectivity index (χ1n) is 7.68. The molecule has 0 aromatic rings. The van der Waals surface area contributed by atoms with Crippen LogP contribution < -0.4 is 0 Å². The van der Waals surface area contributed by atoms with Gasteiger partial charge in [0, 0.05) is 22.8 Å². The van der Waals surface area contributed by atoms with E-state index in [0.29, 0.717) is 28.7 Å². The van der Waals surface area contributed by atoms with Crippen LogP contribution in [-0.2, 0) is 4.79 Å². The topological polar surface area (TPSA) is 20.3 Å². The first-order valence-corrected chi connectivity index (χ1v) is 8.60. The molecule has 5 atom stereocenters. The molecule has 4 aliphatic rings. The summed E-state index contributed by atoms with van der Waals surface area (Å²) < 4.78 is 0. The van der Waals surface area contributed by atoms with Crippen LogP contribution in [0.4, 0.5) is 0 Å². The predicted molar refractivity (Wildman–Crippen MR) is 74.5 cm³/mol. The van der Waals surface area contributed by atoms with Gasteiger partial charge in [0.05, 0.1) is 0 Å². The lowest BCUT2D eigenvalue weighted by Gasteiger charge is -2.40. The zero-order valence-electron chi connectivity index (χ0n) is 10.9. The predicted octanol–water partition coefficient (Wildman–Crippen LogP) is 3.34. The Bertz CT molecular complexity index is 358. The van der Waals surface area contributed by atoms with E-state index in [1.165, 1.54) is 51.4 Å². The summed E-state index contributed by atoms with van der Waals surface area (Å²) in [6, 6.07) is 1.11. The number of hydrogen-bond donors (Lipinski definition) is 0. The van der Waals surface area contributed by atoms with Crippen LogP contribution in [0.1, 0.15) is 51.4 Å². The van der Waals surface area contributed by atoms with Gasteiger partial charge in [-0.3, -0.25) is 4.79 Å². The van der Waals surface area contributed by atoms with Crippen molar-refractivity contribution in [2.45, 2.75) is 68.3 Å². The number of carbonyl (C=O) groups is 1. The van der Waals surface area contributed by atoms with E-state index in [0.717, 1.165) is 11.8 Å². The van der Waals surface area contributed by atoms with Gasteiger partial charge in [0.1, 0.15) is 0 Å². The third-order valence-electron chi connectivity index (χ3n) is 5.99. The molecule has 4 rings (SSSR count). The minimum absolute atomic E-state index is 0.402. The zero-order chi connectivity index (χ0) is 12.3. The molecule has 0 aromatic carbocycles. The lowest BCUT2D eigenvalue weighted by molar-refractivity contribution is -0.141. The number of fused-ring (bicyclic) bond motifs is 4. The fourth-order valence-electron chi connectivity index (χ4n) is 5.21. The molecule has 5 unspecified atom stereocenters. The number of hydrogen-bond acceptors (Lipinski definition) is 1. The minimum Gasteiger partial charge on any atom is -0.336 e. The molecule has 0 spiro atoms. The second-order valence-electron chi connectivity index (χ2n) is 6.98. The Labute approximate surface area is 118 Å². The van der Waals surface area contributed by atoms with Crippen molar-refractivity contribution in [2.24, 2.45) is 17.8 Å². The fraction of sp³-hybridized carbons (Fsp3) is 0.933. The largest absolute Gasteiger partial charge is 0.336 e. The molecule has 0 aromatic heterocycles. The highest BCUT2D eigenvalue weighted by Gasteiger charge is 2.49. The van der Waals surface area contributed by atoms with E-state index in [-0.39, 0.29) is 0 Å². The van der Waals surface area contributed by atoms with Crippen molar-refractivity contribution in [2.75, 3.05) is 0 Å². The third kappa shape index (κ3) is 1.69. The SMILES string of the molecule is O=C(C1CC2CCC1C2)N1C2CCC1CC(Br)C2.